The molecule has 0 unspecified atom stereocenters. The van der Waals surface area contributed by atoms with Crippen LogP contribution in [-0.2, 0) is 23.9 Å². The van der Waals surface area contributed by atoms with E-state index < -0.39 is 11.2 Å². The van der Waals surface area contributed by atoms with Gasteiger partial charge in [0.1, 0.15) is 11.2 Å². The number of rotatable bonds is 10. The molecule has 10 nitrogen and oxygen atoms in total. The summed E-state index contributed by atoms with van der Waals surface area (Å²) in [5.41, 5.74) is -1.11. The molecule has 10 heteroatoms. The van der Waals surface area contributed by atoms with E-state index in [0.717, 1.165) is 6.42 Å². The van der Waals surface area contributed by atoms with Gasteiger partial charge in [0.15, 0.2) is 0 Å². The van der Waals surface area contributed by atoms with Crippen molar-refractivity contribution in [1.29, 1.82) is 0 Å². The molecule has 1 fully saturated rings. The van der Waals surface area contributed by atoms with Gasteiger partial charge in [0.2, 0.25) is 5.91 Å². The highest BCUT2D eigenvalue weighted by molar-refractivity contribution is 5.78. The molecule has 0 aromatic rings. The summed E-state index contributed by atoms with van der Waals surface area (Å²) in [5, 5.41) is 11.8. The Kier molecular flexibility index (Phi) is 13.0. The van der Waals surface area contributed by atoms with Crippen molar-refractivity contribution < 1.29 is 29.0 Å². The first-order valence-corrected chi connectivity index (χ1v) is 12.3. The minimum Gasteiger partial charge on any atom is -0.459 e. The minimum absolute atomic E-state index is 0.0745. The van der Waals surface area contributed by atoms with Crippen LogP contribution in [0.15, 0.2) is 0 Å². The Labute approximate surface area is 204 Å². The summed E-state index contributed by atoms with van der Waals surface area (Å²) in [7, 11) is 0. The molecule has 34 heavy (non-hydrogen) atoms. The van der Waals surface area contributed by atoms with Crippen molar-refractivity contribution >= 4 is 17.8 Å². The molecule has 1 heterocycles. The smallest absolute Gasteiger partial charge is 0.320 e. The Morgan fingerprint density at radius 1 is 0.706 bits per heavy atom. The molecule has 1 saturated heterocycles. The van der Waals surface area contributed by atoms with Gasteiger partial charge in [-0.1, -0.05) is 0 Å². The van der Waals surface area contributed by atoms with E-state index in [1.165, 1.54) is 0 Å². The van der Waals surface area contributed by atoms with Crippen molar-refractivity contribution in [2.45, 2.75) is 65.6 Å². The van der Waals surface area contributed by atoms with E-state index in [2.05, 4.69) is 5.32 Å². The number of amides is 1. The number of aliphatic hydroxyl groups is 1. The Morgan fingerprint density at radius 2 is 1.09 bits per heavy atom. The maximum absolute atomic E-state index is 12.4. The van der Waals surface area contributed by atoms with Gasteiger partial charge in [-0.15, -0.1) is 0 Å². The maximum Gasteiger partial charge on any atom is 0.320 e. The second-order valence-corrected chi connectivity index (χ2v) is 10.8. The molecule has 0 aliphatic carbocycles. The fourth-order valence-corrected chi connectivity index (χ4v) is 3.49. The maximum atomic E-state index is 12.4. The van der Waals surface area contributed by atoms with Crippen LogP contribution in [0.3, 0.4) is 0 Å². The minimum atomic E-state index is -0.556. The zero-order chi connectivity index (χ0) is 25.8. The number of esters is 2. The summed E-state index contributed by atoms with van der Waals surface area (Å²) in [5.74, 6) is -0.660. The van der Waals surface area contributed by atoms with Crippen LogP contribution >= 0.6 is 0 Å². The number of nitrogens with zero attached hydrogens (tertiary/aromatic N) is 3. The number of ether oxygens (including phenoxy) is 2. The van der Waals surface area contributed by atoms with Gasteiger partial charge in [0, 0.05) is 52.4 Å². The van der Waals surface area contributed by atoms with Gasteiger partial charge in [-0.05, 0) is 54.4 Å². The number of hydrogen-bond donors (Lipinski definition) is 2. The Morgan fingerprint density at radius 3 is 1.44 bits per heavy atom. The van der Waals surface area contributed by atoms with E-state index >= 15 is 0 Å². The third kappa shape index (κ3) is 15.2. The summed E-state index contributed by atoms with van der Waals surface area (Å²) >= 11 is 0. The van der Waals surface area contributed by atoms with Crippen LogP contribution in [0.1, 0.15) is 54.4 Å². The van der Waals surface area contributed by atoms with Crippen molar-refractivity contribution in [3.05, 3.63) is 0 Å². The van der Waals surface area contributed by atoms with Crippen LogP contribution in [0.4, 0.5) is 0 Å². The first kappa shape index (κ1) is 30.3. The molecular formula is C24H46N4O6. The lowest BCUT2D eigenvalue weighted by Gasteiger charge is -2.27. The zero-order valence-electron chi connectivity index (χ0n) is 22.0. The van der Waals surface area contributed by atoms with Crippen LogP contribution in [0, 0.1) is 0 Å². The molecule has 1 amide bonds. The summed E-state index contributed by atoms with van der Waals surface area (Å²) in [6.45, 7) is 15.9. The van der Waals surface area contributed by atoms with Crippen molar-refractivity contribution in [3.8, 4) is 0 Å². The summed E-state index contributed by atoms with van der Waals surface area (Å²) < 4.78 is 11.0. The average molecular weight is 487 g/mol. The number of carbonyl (C=O) groups excluding carboxylic acids is 3. The molecule has 0 aromatic carbocycles. The highest BCUT2D eigenvalue weighted by Crippen LogP contribution is 2.10. The molecule has 0 saturated carbocycles. The highest BCUT2D eigenvalue weighted by atomic mass is 16.6. The Bertz CT molecular complexity index is 602. The van der Waals surface area contributed by atoms with E-state index in [1.54, 1.807) is 0 Å². The first-order valence-electron chi connectivity index (χ1n) is 12.3. The average Bonchev–Trinajstić information content (AvgIpc) is 2.75. The molecule has 2 N–H and O–H groups in total. The standard InChI is InChI=1S/C24H46N4O6/c1-23(2,3)33-21(31)18-27-12-10-26(17-20(30)25-9-7-8-16-29)11-13-28(15-14-27)19-22(32)34-24(4,5)6/h29H,7-19H2,1-6H3,(H,25,30). The van der Waals surface area contributed by atoms with Crippen molar-refractivity contribution in [3.63, 3.8) is 0 Å². The Balaban J connectivity index is 2.79. The third-order valence-corrected chi connectivity index (χ3v) is 5.02. The van der Waals surface area contributed by atoms with Gasteiger partial charge in [-0.2, -0.15) is 0 Å². The van der Waals surface area contributed by atoms with Crippen molar-refractivity contribution in [2.24, 2.45) is 0 Å². The molecule has 198 valence electrons. The fraction of sp³-hybridized carbons (Fsp3) is 0.875. The van der Waals surface area contributed by atoms with E-state index in [1.807, 2.05) is 56.2 Å². The van der Waals surface area contributed by atoms with Gasteiger partial charge >= 0.3 is 11.9 Å². The monoisotopic (exact) mass is 486 g/mol. The van der Waals surface area contributed by atoms with Gasteiger partial charge in [0.25, 0.3) is 0 Å². The van der Waals surface area contributed by atoms with E-state index in [0.29, 0.717) is 52.2 Å². The molecule has 0 atom stereocenters. The summed E-state index contributed by atoms with van der Waals surface area (Å²) in [6.07, 6.45) is 1.39. The molecule has 1 aliphatic heterocycles. The molecule has 0 aromatic heterocycles. The predicted molar refractivity (Wildman–Crippen MR) is 130 cm³/mol. The van der Waals surface area contributed by atoms with Crippen LogP contribution in [0.2, 0.25) is 0 Å². The molecule has 1 rings (SSSR count). The van der Waals surface area contributed by atoms with E-state index in [4.69, 9.17) is 14.6 Å². The van der Waals surface area contributed by atoms with Crippen LogP contribution in [0.5, 0.6) is 0 Å². The zero-order valence-corrected chi connectivity index (χ0v) is 22.0. The van der Waals surface area contributed by atoms with Crippen LogP contribution in [0.25, 0.3) is 0 Å². The van der Waals surface area contributed by atoms with Gasteiger partial charge in [-0.3, -0.25) is 29.1 Å². The molecular weight excluding hydrogens is 440 g/mol. The highest BCUT2D eigenvalue weighted by Gasteiger charge is 2.24. The lowest BCUT2D eigenvalue weighted by molar-refractivity contribution is -0.158. The largest absolute Gasteiger partial charge is 0.459 e. The van der Waals surface area contributed by atoms with Gasteiger partial charge < -0.3 is 19.9 Å². The third-order valence-electron chi connectivity index (χ3n) is 5.02. The summed E-state index contributed by atoms with van der Waals surface area (Å²) in [4.78, 5) is 43.3. The lowest BCUT2D eigenvalue weighted by Crippen LogP contribution is -2.44. The second kappa shape index (κ2) is 14.6. The molecule has 1 aliphatic rings. The fourth-order valence-electron chi connectivity index (χ4n) is 3.49. The quantitative estimate of drug-likeness (QED) is 0.336. The predicted octanol–water partition coefficient (Wildman–Crippen LogP) is 0.478. The second-order valence-electron chi connectivity index (χ2n) is 10.8. The van der Waals surface area contributed by atoms with Crippen molar-refractivity contribution in [1.82, 2.24) is 20.0 Å². The van der Waals surface area contributed by atoms with Crippen LogP contribution in [-0.4, -0.2) is 121 Å². The normalized spacial score (nSPS) is 17.4. The number of unbranched alkanes of at least 4 members (excludes halogenated alkanes) is 1. The van der Waals surface area contributed by atoms with Gasteiger partial charge in [0.05, 0.1) is 19.6 Å². The molecule has 0 bridgehead atoms. The van der Waals surface area contributed by atoms with Crippen LogP contribution < -0.4 is 5.32 Å². The number of nitrogens with one attached hydrogen (secondary N) is 1. The number of carbonyl (C=O) groups is 3. The van der Waals surface area contributed by atoms with E-state index in [9.17, 15) is 14.4 Å². The first-order chi connectivity index (χ1) is 15.8. The molecule has 0 radical (unpaired) electrons. The number of aliphatic hydroxyl groups excluding tert-OH is 1. The Hall–Kier alpha value is -1.75. The lowest BCUT2D eigenvalue weighted by atomic mass is 10.2. The van der Waals surface area contributed by atoms with Gasteiger partial charge in [-0.25, -0.2) is 0 Å². The topological polar surface area (TPSA) is 112 Å². The number of hydrogen-bond acceptors (Lipinski definition) is 9. The van der Waals surface area contributed by atoms with E-state index in [-0.39, 0.29) is 44.1 Å². The SMILES string of the molecule is CC(C)(C)OC(=O)CN1CCN(CC(=O)NCCCCO)CCN(CC(=O)OC(C)(C)C)CC1. The van der Waals surface area contributed by atoms with Crippen molar-refractivity contribution in [2.75, 3.05) is 72.1 Å². The molecule has 0 spiro atoms. The summed E-state index contributed by atoms with van der Waals surface area (Å²) in [6, 6.07) is 0.